The molecule has 6 nitrogen and oxygen atoms in total. The van der Waals surface area contributed by atoms with E-state index in [4.69, 9.17) is 21.7 Å². The molecule has 0 unspecified atom stereocenters. The number of nitrogens with two attached hydrogens (primary N) is 2. The Labute approximate surface area is 151 Å². The fourth-order valence-electron chi connectivity index (χ4n) is 2.57. The van der Waals surface area contributed by atoms with Crippen molar-refractivity contribution < 1.29 is 10.2 Å². The lowest BCUT2D eigenvalue weighted by Gasteiger charge is -2.27. The molecule has 0 radical (unpaired) electrons. The van der Waals surface area contributed by atoms with Gasteiger partial charge in [0.1, 0.15) is 0 Å². The lowest BCUT2D eigenvalue weighted by molar-refractivity contribution is 0.281. The van der Waals surface area contributed by atoms with Crippen molar-refractivity contribution in [3.63, 3.8) is 0 Å². The number of benzene rings is 1. The summed E-state index contributed by atoms with van der Waals surface area (Å²) in [5.74, 6) is 0. The molecule has 7 N–H and O–H groups in total. The van der Waals surface area contributed by atoms with Crippen LogP contribution in [-0.2, 0) is 0 Å². The zero-order valence-electron chi connectivity index (χ0n) is 14.8. The minimum absolute atomic E-state index is 0. The van der Waals surface area contributed by atoms with E-state index < -0.39 is 0 Å². The molecule has 0 saturated heterocycles. The molecule has 140 valence electrons. The first-order chi connectivity index (χ1) is 11.0. The van der Waals surface area contributed by atoms with Crippen LogP contribution in [0.15, 0.2) is 18.2 Å². The zero-order chi connectivity index (χ0) is 17.3. The first-order valence-corrected chi connectivity index (χ1v) is 8.38. The minimum Gasteiger partial charge on any atom is -0.397 e. The van der Waals surface area contributed by atoms with E-state index in [1.165, 1.54) is 0 Å². The van der Waals surface area contributed by atoms with Gasteiger partial charge in [-0.1, -0.05) is 13.8 Å². The monoisotopic (exact) mass is 360 g/mol. The molecule has 0 spiro atoms. The van der Waals surface area contributed by atoms with Crippen molar-refractivity contribution in [2.75, 3.05) is 48.8 Å². The highest BCUT2D eigenvalue weighted by atomic mass is 35.5. The van der Waals surface area contributed by atoms with Crippen molar-refractivity contribution in [2.45, 2.75) is 38.6 Å². The molecule has 0 aliphatic rings. The third kappa shape index (κ3) is 6.73. The first kappa shape index (κ1) is 22.8. The SMILES string of the molecule is CCC(N)(CC)CCNc1ccc(N(CCO)CCO)cc1N.Cl. The van der Waals surface area contributed by atoms with Crippen molar-refractivity contribution >= 4 is 29.5 Å². The van der Waals surface area contributed by atoms with Gasteiger partial charge in [-0.2, -0.15) is 0 Å². The van der Waals surface area contributed by atoms with Crippen molar-refractivity contribution in [3.8, 4) is 0 Å². The van der Waals surface area contributed by atoms with Crippen LogP contribution in [0.3, 0.4) is 0 Å². The van der Waals surface area contributed by atoms with E-state index in [1.54, 1.807) is 0 Å². The van der Waals surface area contributed by atoms with Crippen LogP contribution in [0.4, 0.5) is 17.1 Å². The van der Waals surface area contributed by atoms with Gasteiger partial charge in [-0.05, 0) is 37.5 Å². The van der Waals surface area contributed by atoms with Crippen molar-refractivity contribution in [1.29, 1.82) is 0 Å². The third-order valence-electron chi connectivity index (χ3n) is 4.49. The van der Waals surface area contributed by atoms with E-state index in [-0.39, 0.29) is 31.2 Å². The third-order valence-corrected chi connectivity index (χ3v) is 4.49. The predicted octanol–water partition coefficient (Wildman–Crippen LogP) is 1.80. The Morgan fingerprint density at radius 1 is 1.12 bits per heavy atom. The Kier molecular flexibility index (Phi) is 10.8. The molecule has 0 amide bonds. The largest absolute Gasteiger partial charge is 0.397 e. The normalized spacial score (nSPS) is 11.0. The molecule has 0 atom stereocenters. The summed E-state index contributed by atoms with van der Waals surface area (Å²) in [5, 5.41) is 21.6. The van der Waals surface area contributed by atoms with Crippen molar-refractivity contribution in [1.82, 2.24) is 0 Å². The maximum Gasteiger partial charge on any atom is 0.0606 e. The molecule has 0 saturated carbocycles. The predicted molar refractivity (Wildman–Crippen MR) is 105 cm³/mol. The quantitative estimate of drug-likeness (QED) is 0.385. The number of nitrogens with one attached hydrogen (secondary N) is 1. The second-order valence-corrected chi connectivity index (χ2v) is 5.95. The second kappa shape index (κ2) is 11.4. The number of halogens is 1. The van der Waals surface area contributed by atoms with Gasteiger partial charge in [-0.15, -0.1) is 12.4 Å². The molecule has 1 aromatic rings. The Balaban J connectivity index is 0.00000529. The summed E-state index contributed by atoms with van der Waals surface area (Å²) in [7, 11) is 0. The number of rotatable bonds is 11. The topological polar surface area (TPSA) is 108 Å². The fraction of sp³-hybridized carbons (Fsp3) is 0.647. The second-order valence-electron chi connectivity index (χ2n) is 5.95. The van der Waals surface area contributed by atoms with E-state index >= 15 is 0 Å². The summed E-state index contributed by atoms with van der Waals surface area (Å²) >= 11 is 0. The van der Waals surface area contributed by atoms with Crippen LogP contribution in [0.1, 0.15) is 33.1 Å². The van der Waals surface area contributed by atoms with E-state index in [2.05, 4.69) is 19.2 Å². The fourth-order valence-corrected chi connectivity index (χ4v) is 2.57. The maximum absolute atomic E-state index is 9.11. The highest BCUT2D eigenvalue weighted by Crippen LogP contribution is 2.26. The molecule has 1 rings (SSSR count). The molecule has 7 heteroatoms. The number of hydrogen-bond donors (Lipinski definition) is 5. The average molecular weight is 361 g/mol. The van der Waals surface area contributed by atoms with Crippen molar-refractivity contribution in [3.05, 3.63) is 18.2 Å². The van der Waals surface area contributed by atoms with Gasteiger partial charge < -0.3 is 31.9 Å². The molecular formula is C17H33ClN4O2. The Morgan fingerprint density at radius 3 is 2.17 bits per heavy atom. The van der Waals surface area contributed by atoms with E-state index in [0.29, 0.717) is 18.8 Å². The van der Waals surface area contributed by atoms with Crippen LogP contribution in [0.25, 0.3) is 0 Å². The van der Waals surface area contributed by atoms with Crippen LogP contribution in [0.2, 0.25) is 0 Å². The van der Waals surface area contributed by atoms with Gasteiger partial charge >= 0.3 is 0 Å². The zero-order valence-corrected chi connectivity index (χ0v) is 15.6. The summed E-state index contributed by atoms with van der Waals surface area (Å²) in [6, 6.07) is 5.74. The van der Waals surface area contributed by atoms with Gasteiger partial charge in [0, 0.05) is 30.9 Å². The smallest absolute Gasteiger partial charge is 0.0606 e. The lowest BCUT2D eigenvalue weighted by atomic mass is 9.90. The van der Waals surface area contributed by atoms with Crippen molar-refractivity contribution in [2.24, 2.45) is 5.73 Å². The molecule has 24 heavy (non-hydrogen) atoms. The van der Waals surface area contributed by atoms with Gasteiger partial charge in [0.25, 0.3) is 0 Å². The van der Waals surface area contributed by atoms with E-state index in [9.17, 15) is 0 Å². The molecule has 0 aromatic heterocycles. The highest BCUT2D eigenvalue weighted by molar-refractivity contribution is 5.85. The molecule has 0 bridgehead atoms. The summed E-state index contributed by atoms with van der Waals surface area (Å²) in [6.45, 7) is 6.01. The van der Waals surface area contributed by atoms with Gasteiger partial charge in [-0.25, -0.2) is 0 Å². The molecule has 0 heterocycles. The standard InChI is InChI=1S/C17H32N4O2.ClH/c1-3-17(19,4-2)7-8-20-16-6-5-14(13-15(16)18)21(9-11-22)10-12-23;/h5-6,13,20,22-23H,3-4,7-12,18-19H2,1-2H3;1H. The number of nitrogens with zero attached hydrogens (tertiary/aromatic N) is 1. The Hall–Kier alpha value is -1.21. The van der Waals surface area contributed by atoms with Crippen LogP contribution < -0.4 is 21.7 Å². The number of hydrogen-bond acceptors (Lipinski definition) is 6. The average Bonchev–Trinajstić information content (AvgIpc) is 2.56. The molecule has 0 aliphatic heterocycles. The van der Waals surface area contributed by atoms with E-state index in [1.807, 2.05) is 23.1 Å². The summed E-state index contributed by atoms with van der Waals surface area (Å²) in [4.78, 5) is 1.90. The number of aliphatic hydroxyl groups excluding tert-OH is 2. The molecular weight excluding hydrogens is 328 g/mol. The maximum atomic E-state index is 9.11. The van der Waals surface area contributed by atoms with Crippen LogP contribution in [0.5, 0.6) is 0 Å². The van der Waals surface area contributed by atoms with Gasteiger partial charge in [-0.3, -0.25) is 0 Å². The summed E-state index contributed by atoms with van der Waals surface area (Å²) in [6.07, 6.45) is 2.80. The lowest BCUT2D eigenvalue weighted by Crippen LogP contribution is -2.40. The summed E-state index contributed by atoms with van der Waals surface area (Å²) < 4.78 is 0. The number of nitrogen functional groups attached to an aromatic ring is 1. The van der Waals surface area contributed by atoms with Gasteiger partial charge in [0.05, 0.1) is 24.6 Å². The molecule has 0 aliphatic carbocycles. The van der Waals surface area contributed by atoms with Gasteiger partial charge in [0.2, 0.25) is 0 Å². The first-order valence-electron chi connectivity index (χ1n) is 8.38. The Morgan fingerprint density at radius 2 is 1.71 bits per heavy atom. The molecule has 1 aromatic carbocycles. The van der Waals surface area contributed by atoms with Crippen LogP contribution in [0, 0.1) is 0 Å². The number of anilines is 3. The molecule has 0 fully saturated rings. The van der Waals surface area contributed by atoms with Crippen LogP contribution >= 0.6 is 12.4 Å². The van der Waals surface area contributed by atoms with Gasteiger partial charge in [0.15, 0.2) is 0 Å². The minimum atomic E-state index is -0.124. The van der Waals surface area contributed by atoms with Crippen LogP contribution in [-0.4, -0.2) is 48.6 Å². The summed E-state index contributed by atoms with van der Waals surface area (Å²) in [5.41, 5.74) is 14.7. The van der Waals surface area contributed by atoms with E-state index in [0.717, 1.165) is 37.2 Å². The Bertz CT molecular complexity index is 464. The number of aliphatic hydroxyl groups is 2. The highest BCUT2D eigenvalue weighted by Gasteiger charge is 2.19.